The molecule has 80 heavy (non-hydrogen) atoms. The molecule has 0 aliphatic carbocycles. The molecule has 1 rings (SSSR count). The molecule has 1 heterocycles. The second-order valence-electron chi connectivity index (χ2n) is 21.6. The third kappa shape index (κ3) is 26.7. The lowest BCUT2D eigenvalue weighted by Gasteiger charge is -2.32. The molecule has 1 fully saturated rings. The Morgan fingerprint density at radius 3 is 1.43 bits per heavy atom. The van der Waals surface area contributed by atoms with E-state index in [9.17, 15) is 67.7 Å². The van der Waals surface area contributed by atoms with E-state index >= 15 is 0 Å². The van der Waals surface area contributed by atoms with Crippen LogP contribution < -0.4 is 65.5 Å². The van der Waals surface area contributed by atoms with Crippen molar-refractivity contribution in [2.24, 2.45) is 51.6 Å². The number of hydrogen-bond donors (Lipinski definition) is 15. The zero-order chi connectivity index (χ0) is 61.0. The highest BCUT2D eigenvalue weighted by Crippen LogP contribution is 2.22. The summed E-state index contributed by atoms with van der Waals surface area (Å²) in [6, 6.07) is -12.2. The van der Waals surface area contributed by atoms with Gasteiger partial charge in [0.2, 0.25) is 53.2 Å². The van der Waals surface area contributed by atoms with Crippen LogP contribution in [0.25, 0.3) is 0 Å². The van der Waals surface area contributed by atoms with Crippen LogP contribution in [0.15, 0.2) is 4.99 Å². The number of carboxylic acids is 3. The van der Waals surface area contributed by atoms with Gasteiger partial charge in [-0.05, 0) is 101 Å². The molecule has 0 aromatic rings. The van der Waals surface area contributed by atoms with Crippen molar-refractivity contribution in [3.63, 3.8) is 0 Å². The number of likely N-dealkylation sites (tertiary alicyclic amines) is 1. The monoisotopic (exact) mass is 1140 g/mol. The number of hydrogen-bond acceptors (Lipinski definition) is 15. The summed E-state index contributed by atoms with van der Waals surface area (Å²) in [6.45, 7) is 13.9. The standard InChI is InChI=1S/C51H90N14O15/c1-26(2)21-33(60-42(71)30(57-38(66)25-53)14-11-19-56-51(54)55)44(73)58-31(13-9-10-18-52)43(72)61-35(23-28(5)6)47(76)64-41(29(7)8)49(78)65-20-12-15-37(65)48(77)63-36(24-40(69)70)46(75)62-34(22-27(3)4)45(74)59-32(50(79)80)16-17-39(67)68/h26-37,41H,9-25,52-53H2,1-8H3,(H,57,66)(H,58,73)(H,59,74)(H,60,71)(H,61,72)(H,62,75)(H,63,77)(H,64,76)(H,67,68)(H,69,70)(H,79,80)(H4,54,55,56)/t30-,31-,32-,33-,34-,35-,36-,37-,41-/m0/s1. The Kier molecular flexibility index (Phi) is 32.0. The smallest absolute Gasteiger partial charge is 0.326 e. The van der Waals surface area contributed by atoms with Gasteiger partial charge in [0, 0.05) is 19.5 Å². The lowest BCUT2D eigenvalue weighted by molar-refractivity contribution is -0.145. The number of unbranched alkanes of at least 4 members (excludes halogenated alkanes) is 1. The Morgan fingerprint density at radius 1 is 0.537 bits per heavy atom. The molecular weight excluding hydrogens is 1050 g/mol. The van der Waals surface area contributed by atoms with Crippen LogP contribution in [0.1, 0.15) is 139 Å². The molecule has 9 amide bonds. The first-order valence-corrected chi connectivity index (χ1v) is 27.3. The predicted molar refractivity (Wildman–Crippen MR) is 292 cm³/mol. The molecule has 0 spiro atoms. The van der Waals surface area contributed by atoms with Gasteiger partial charge in [-0.25, -0.2) is 4.79 Å². The summed E-state index contributed by atoms with van der Waals surface area (Å²) in [5, 5.41) is 48.9. The molecule has 29 nitrogen and oxygen atoms in total. The maximum atomic E-state index is 14.5. The van der Waals surface area contributed by atoms with Gasteiger partial charge < -0.3 is 85.7 Å². The van der Waals surface area contributed by atoms with Gasteiger partial charge in [0.25, 0.3) is 0 Å². The Bertz CT molecular complexity index is 2160. The molecule has 1 aliphatic heterocycles. The van der Waals surface area contributed by atoms with Crippen LogP contribution in [0.2, 0.25) is 0 Å². The van der Waals surface area contributed by atoms with Crippen LogP contribution in [-0.4, -0.2) is 178 Å². The number of carbonyl (C=O) groups excluding carboxylic acids is 9. The fraction of sp³-hybridized carbons (Fsp3) is 0.745. The summed E-state index contributed by atoms with van der Waals surface area (Å²) in [6.07, 6.45) is -0.255. The Morgan fingerprint density at radius 2 is 0.988 bits per heavy atom. The number of guanidine groups is 1. The number of carbonyl (C=O) groups is 12. The van der Waals surface area contributed by atoms with E-state index in [1.807, 2.05) is 13.8 Å². The van der Waals surface area contributed by atoms with E-state index in [0.29, 0.717) is 19.3 Å². The van der Waals surface area contributed by atoms with E-state index in [2.05, 4.69) is 47.5 Å². The topological polar surface area (TPSA) is 481 Å². The second-order valence-corrected chi connectivity index (χ2v) is 21.6. The summed E-state index contributed by atoms with van der Waals surface area (Å²) >= 11 is 0. The third-order valence-corrected chi connectivity index (χ3v) is 12.7. The van der Waals surface area contributed by atoms with E-state index in [0.717, 1.165) is 0 Å². The van der Waals surface area contributed by atoms with Crippen molar-refractivity contribution < 1.29 is 72.9 Å². The molecule has 1 saturated heterocycles. The van der Waals surface area contributed by atoms with E-state index in [4.69, 9.17) is 28.0 Å². The lowest BCUT2D eigenvalue weighted by atomic mass is 9.98. The van der Waals surface area contributed by atoms with Gasteiger partial charge in [-0.3, -0.25) is 57.7 Å². The molecular formula is C51H90N14O15. The van der Waals surface area contributed by atoms with Gasteiger partial charge in [-0.15, -0.1) is 0 Å². The van der Waals surface area contributed by atoms with Gasteiger partial charge in [-0.2, -0.15) is 0 Å². The van der Waals surface area contributed by atoms with Crippen molar-refractivity contribution in [3.05, 3.63) is 0 Å². The van der Waals surface area contributed by atoms with Crippen LogP contribution in [0.5, 0.6) is 0 Å². The number of carboxylic acid groups (broad SMARTS) is 3. The molecule has 454 valence electrons. The lowest BCUT2D eigenvalue weighted by Crippen LogP contribution is -2.61. The van der Waals surface area contributed by atoms with Crippen LogP contribution in [0.3, 0.4) is 0 Å². The van der Waals surface area contributed by atoms with Crippen molar-refractivity contribution in [3.8, 4) is 0 Å². The van der Waals surface area contributed by atoms with Crippen molar-refractivity contribution in [1.82, 2.24) is 47.4 Å². The Labute approximate surface area is 467 Å². The number of aliphatic imine (C=N–C) groups is 1. The zero-order valence-corrected chi connectivity index (χ0v) is 47.5. The summed E-state index contributed by atoms with van der Waals surface area (Å²) in [5.74, 6) is -13.0. The van der Waals surface area contributed by atoms with E-state index < -0.39 is 157 Å². The molecule has 0 saturated carbocycles. The van der Waals surface area contributed by atoms with Crippen LogP contribution in [0, 0.1) is 23.7 Å². The van der Waals surface area contributed by atoms with Crippen molar-refractivity contribution >= 4 is 77.0 Å². The maximum absolute atomic E-state index is 14.5. The molecule has 1 aliphatic rings. The second kappa shape index (κ2) is 36.2. The molecule has 0 bridgehead atoms. The highest BCUT2D eigenvalue weighted by atomic mass is 16.4. The van der Waals surface area contributed by atoms with Crippen LogP contribution >= 0.6 is 0 Å². The van der Waals surface area contributed by atoms with E-state index in [1.165, 1.54) is 4.90 Å². The number of nitrogens with zero attached hydrogens (tertiary/aromatic N) is 2. The summed E-state index contributed by atoms with van der Waals surface area (Å²) in [7, 11) is 0. The first kappa shape index (κ1) is 70.8. The van der Waals surface area contributed by atoms with Crippen LogP contribution in [0.4, 0.5) is 0 Å². The normalized spacial score (nSPS) is 16.2. The first-order valence-electron chi connectivity index (χ1n) is 27.3. The quantitative estimate of drug-likeness (QED) is 0.0169. The number of aliphatic carboxylic acids is 3. The van der Waals surface area contributed by atoms with E-state index in [1.54, 1.807) is 41.5 Å². The maximum Gasteiger partial charge on any atom is 0.326 e. The van der Waals surface area contributed by atoms with Crippen molar-refractivity contribution in [1.29, 1.82) is 0 Å². The minimum Gasteiger partial charge on any atom is -0.481 e. The molecule has 0 aromatic heterocycles. The van der Waals surface area contributed by atoms with Crippen molar-refractivity contribution in [2.75, 3.05) is 26.2 Å². The van der Waals surface area contributed by atoms with E-state index in [-0.39, 0.29) is 88.3 Å². The highest BCUT2D eigenvalue weighted by Gasteiger charge is 2.42. The molecule has 19 N–H and O–H groups in total. The minimum atomic E-state index is -1.80. The van der Waals surface area contributed by atoms with Crippen molar-refractivity contribution in [2.45, 2.75) is 193 Å². The fourth-order valence-electron chi connectivity index (χ4n) is 8.68. The average Bonchev–Trinajstić information content (AvgIpc) is 3.86. The molecule has 0 radical (unpaired) electrons. The molecule has 0 unspecified atom stereocenters. The van der Waals surface area contributed by atoms with Gasteiger partial charge in [0.05, 0.1) is 13.0 Å². The SMILES string of the molecule is CC(C)C[C@H](NC(=O)[C@H](CC(=O)O)NC(=O)[C@@H]1CCCN1C(=O)[C@@H](NC(=O)[C@H](CC(C)C)NC(=O)[C@H](CCCCN)NC(=O)[C@H](CC(C)C)NC(=O)[C@H](CCCN=C(N)N)NC(=O)CN)C(C)C)C(=O)N[C@@H](CCC(=O)O)C(=O)O. The molecule has 0 aromatic carbocycles. The fourth-order valence-corrected chi connectivity index (χ4v) is 8.68. The predicted octanol–water partition coefficient (Wildman–Crippen LogP) is -2.78. The van der Waals surface area contributed by atoms with Gasteiger partial charge in [0.15, 0.2) is 5.96 Å². The van der Waals surface area contributed by atoms with Gasteiger partial charge in [-0.1, -0.05) is 55.4 Å². The average molecular weight is 1140 g/mol. The number of nitrogens with one attached hydrogen (secondary N) is 8. The zero-order valence-electron chi connectivity index (χ0n) is 47.5. The van der Waals surface area contributed by atoms with Crippen LogP contribution in [-0.2, 0) is 57.5 Å². The van der Waals surface area contributed by atoms with Gasteiger partial charge in [0.1, 0.15) is 54.4 Å². The summed E-state index contributed by atoms with van der Waals surface area (Å²) in [5.41, 5.74) is 22.1. The number of rotatable bonds is 38. The highest BCUT2D eigenvalue weighted by molar-refractivity contribution is 5.99. The summed E-state index contributed by atoms with van der Waals surface area (Å²) < 4.78 is 0. The molecule has 29 heteroatoms. The first-order chi connectivity index (χ1) is 37.4. The molecule has 9 atom stereocenters. The Balaban J connectivity index is 3.45. The summed E-state index contributed by atoms with van der Waals surface area (Å²) in [4.78, 5) is 164. The largest absolute Gasteiger partial charge is 0.481 e. The Hall–Kier alpha value is -7.17. The number of nitrogens with two attached hydrogens (primary N) is 4. The number of amides is 9. The minimum absolute atomic E-state index is 0.0199. The third-order valence-electron chi connectivity index (χ3n) is 12.7. The van der Waals surface area contributed by atoms with Gasteiger partial charge >= 0.3 is 17.9 Å².